The van der Waals surface area contributed by atoms with Gasteiger partial charge in [0.1, 0.15) is 5.75 Å². The molecule has 0 atom stereocenters. The highest BCUT2D eigenvalue weighted by atomic mass is 127. The van der Waals surface area contributed by atoms with Gasteiger partial charge in [0.2, 0.25) is 0 Å². The first kappa shape index (κ1) is 22.0. The average molecular weight is 435 g/mol. The summed E-state index contributed by atoms with van der Waals surface area (Å²) < 4.78 is 11.0. The molecule has 132 valence electrons. The second-order valence-corrected chi connectivity index (χ2v) is 4.99. The van der Waals surface area contributed by atoms with E-state index in [4.69, 9.17) is 9.47 Å². The number of rotatable bonds is 10. The summed E-state index contributed by atoms with van der Waals surface area (Å²) in [5, 5.41) is 6.53. The fraction of sp³-hybridized carbons (Fsp3) is 0.588. The molecule has 0 saturated heterocycles. The average Bonchev–Trinajstić information content (AvgIpc) is 2.54. The van der Waals surface area contributed by atoms with Crippen molar-refractivity contribution in [2.24, 2.45) is 4.99 Å². The lowest BCUT2D eigenvalue weighted by Gasteiger charge is -2.12. The standard InChI is InChI=1S/C17H29N3O2.HI/c1-4-21-13-5-11-19-17(18-3)20-12-6-14-22-16-9-7-15(2)8-10-16;/h7-10H,4-6,11-14H2,1-3H3,(H2,18,19,20);1H. The number of halogens is 1. The van der Waals surface area contributed by atoms with Crippen LogP contribution < -0.4 is 15.4 Å². The zero-order valence-corrected chi connectivity index (χ0v) is 16.8. The first-order chi connectivity index (χ1) is 10.8. The molecule has 1 aromatic carbocycles. The molecule has 0 aliphatic carbocycles. The molecule has 2 N–H and O–H groups in total. The van der Waals surface area contributed by atoms with E-state index in [0.29, 0.717) is 6.61 Å². The van der Waals surface area contributed by atoms with Crippen LogP contribution in [0.1, 0.15) is 25.3 Å². The van der Waals surface area contributed by atoms with Crippen LogP contribution in [0.2, 0.25) is 0 Å². The molecular weight excluding hydrogens is 405 g/mol. The van der Waals surface area contributed by atoms with E-state index in [9.17, 15) is 0 Å². The lowest BCUT2D eigenvalue weighted by molar-refractivity contribution is 0.145. The zero-order chi connectivity index (χ0) is 16.0. The van der Waals surface area contributed by atoms with E-state index in [1.165, 1.54) is 5.56 Å². The molecule has 0 bridgehead atoms. The fourth-order valence-electron chi connectivity index (χ4n) is 1.85. The van der Waals surface area contributed by atoms with Gasteiger partial charge >= 0.3 is 0 Å². The molecule has 0 spiro atoms. The van der Waals surface area contributed by atoms with Crippen molar-refractivity contribution < 1.29 is 9.47 Å². The van der Waals surface area contributed by atoms with Gasteiger partial charge in [0.25, 0.3) is 0 Å². The smallest absolute Gasteiger partial charge is 0.190 e. The maximum Gasteiger partial charge on any atom is 0.190 e. The number of nitrogens with one attached hydrogen (secondary N) is 2. The Morgan fingerprint density at radius 1 is 1.04 bits per heavy atom. The Labute approximate surface area is 157 Å². The number of nitrogens with zero attached hydrogens (tertiary/aromatic N) is 1. The zero-order valence-electron chi connectivity index (χ0n) is 14.4. The van der Waals surface area contributed by atoms with Crippen molar-refractivity contribution in [1.82, 2.24) is 10.6 Å². The van der Waals surface area contributed by atoms with Crippen molar-refractivity contribution in [3.05, 3.63) is 29.8 Å². The number of aliphatic imine (C=N–C) groups is 1. The van der Waals surface area contributed by atoms with Crippen LogP contribution in [0, 0.1) is 6.92 Å². The monoisotopic (exact) mass is 435 g/mol. The number of guanidine groups is 1. The third-order valence-corrected chi connectivity index (χ3v) is 3.09. The molecule has 0 aliphatic rings. The summed E-state index contributed by atoms with van der Waals surface area (Å²) in [7, 11) is 1.78. The minimum atomic E-state index is 0. The minimum Gasteiger partial charge on any atom is -0.494 e. The third-order valence-electron chi connectivity index (χ3n) is 3.09. The Bertz CT molecular complexity index is 424. The topological polar surface area (TPSA) is 54.9 Å². The van der Waals surface area contributed by atoms with Gasteiger partial charge in [-0.15, -0.1) is 24.0 Å². The minimum absolute atomic E-state index is 0. The van der Waals surface area contributed by atoms with Gasteiger partial charge in [0.05, 0.1) is 6.61 Å². The Morgan fingerprint density at radius 3 is 2.22 bits per heavy atom. The van der Waals surface area contributed by atoms with Gasteiger partial charge in [0, 0.05) is 33.4 Å². The van der Waals surface area contributed by atoms with E-state index in [1.54, 1.807) is 7.05 Å². The van der Waals surface area contributed by atoms with Crippen LogP contribution in [0.15, 0.2) is 29.3 Å². The molecule has 0 amide bonds. The summed E-state index contributed by atoms with van der Waals surface area (Å²) in [4.78, 5) is 4.18. The molecule has 1 aromatic rings. The summed E-state index contributed by atoms with van der Waals surface area (Å²) in [6.07, 6.45) is 1.90. The van der Waals surface area contributed by atoms with Gasteiger partial charge in [-0.05, 0) is 38.8 Å². The third kappa shape index (κ3) is 11.2. The van der Waals surface area contributed by atoms with E-state index < -0.39 is 0 Å². The predicted octanol–water partition coefficient (Wildman–Crippen LogP) is 2.97. The maximum absolute atomic E-state index is 5.69. The number of hydrogen-bond acceptors (Lipinski definition) is 3. The number of benzene rings is 1. The van der Waals surface area contributed by atoms with Gasteiger partial charge in [0.15, 0.2) is 5.96 Å². The normalized spacial score (nSPS) is 10.8. The number of hydrogen-bond donors (Lipinski definition) is 2. The van der Waals surface area contributed by atoms with Gasteiger partial charge < -0.3 is 20.1 Å². The van der Waals surface area contributed by atoms with Gasteiger partial charge in [-0.1, -0.05) is 17.7 Å². The molecule has 23 heavy (non-hydrogen) atoms. The lowest BCUT2D eigenvalue weighted by atomic mass is 10.2. The Hall–Kier alpha value is -1.02. The molecule has 0 saturated carbocycles. The number of aryl methyl sites for hydroxylation is 1. The van der Waals surface area contributed by atoms with Crippen molar-refractivity contribution in [3.63, 3.8) is 0 Å². The van der Waals surface area contributed by atoms with Crippen LogP contribution in [0.3, 0.4) is 0 Å². The molecule has 5 nitrogen and oxygen atoms in total. The molecule has 0 aromatic heterocycles. The first-order valence-electron chi connectivity index (χ1n) is 7.98. The van der Waals surface area contributed by atoms with E-state index in [-0.39, 0.29) is 24.0 Å². The highest BCUT2D eigenvalue weighted by Crippen LogP contribution is 2.11. The highest BCUT2D eigenvalue weighted by Gasteiger charge is 1.97. The van der Waals surface area contributed by atoms with Crippen LogP contribution in [0.4, 0.5) is 0 Å². The van der Waals surface area contributed by atoms with Crippen molar-refractivity contribution in [1.29, 1.82) is 0 Å². The summed E-state index contributed by atoms with van der Waals surface area (Å²) in [5.74, 6) is 1.75. The maximum atomic E-state index is 5.69. The molecule has 1 rings (SSSR count). The molecule has 0 aliphatic heterocycles. The Kier molecular flexibility index (Phi) is 13.9. The summed E-state index contributed by atoms with van der Waals surface area (Å²) in [6.45, 7) is 8.01. The highest BCUT2D eigenvalue weighted by molar-refractivity contribution is 14.0. The fourth-order valence-corrected chi connectivity index (χ4v) is 1.85. The summed E-state index contributed by atoms with van der Waals surface area (Å²) in [5.41, 5.74) is 1.24. The second-order valence-electron chi connectivity index (χ2n) is 4.99. The van der Waals surface area contributed by atoms with E-state index in [0.717, 1.165) is 50.9 Å². The van der Waals surface area contributed by atoms with Gasteiger partial charge in [-0.2, -0.15) is 0 Å². The quantitative estimate of drug-likeness (QED) is 0.257. The van der Waals surface area contributed by atoms with E-state index in [1.807, 2.05) is 19.1 Å². The van der Waals surface area contributed by atoms with Crippen LogP contribution >= 0.6 is 24.0 Å². The van der Waals surface area contributed by atoms with Crippen LogP contribution in [-0.4, -0.2) is 45.9 Å². The van der Waals surface area contributed by atoms with Gasteiger partial charge in [-0.3, -0.25) is 4.99 Å². The number of ether oxygens (including phenoxy) is 2. The second kappa shape index (κ2) is 14.6. The lowest BCUT2D eigenvalue weighted by Crippen LogP contribution is -2.38. The summed E-state index contributed by atoms with van der Waals surface area (Å²) >= 11 is 0. The summed E-state index contributed by atoms with van der Waals surface area (Å²) in [6, 6.07) is 8.12. The van der Waals surface area contributed by atoms with Gasteiger partial charge in [-0.25, -0.2) is 0 Å². The molecule has 6 heteroatoms. The van der Waals surface area contributed by atoms with Crippen molar-refractivity contribution in [2.45, 2.75) is 26.7 Å². The molecular formula is C17H30IN3O2. The van der Waals surface area contributed by atoms with Crippen molar-refractivity contribution in [2.75, 3.05) is 40.0 Å². The van der Waals surface area contributed by atoms with Crippen LogP contribution in [0.5, 0.6) is 5.75 Å². The molecule has 0 radical (unpaired) electrons. The molecule has 0 heterocycles. The predicted molar refractivity (Wildman–Crippen MR) is 107 cm³/mol. The van der Waals surface area contributed by atoms with Crippen LogP contribution in [0.25, 0.3) is 0 Å². The Morgan fingerprint density at radius 2 is 1.65 bits per heavy atom. The largest absolute Gasteiger partial charge is 0.494 e. The van der Waals surface area contributed by atoms with Crippen molar-refractivity contribution in [3.8, 4) is 5.75 Å². The van der Waals surface area contributed by atoms with Crippen molar-refractivity contribution >= 4 is 29.9 Å². The van der Waals surface area contributed by atoms with E-state index in [2.05, 4.69) is 34.7 Å². The van der Waals surface area contributed by atoms with Crippen LogP contribution in [-0.2, 0) is 4.74 Å². The Balaban J connectivity index is 0.00000484. The van der Waals surface area contributed by atoms with E-state index >= 15 is 0 Å². The SMILES string of the molecule is CCOCCCNC(=NC)NCCCOc1ccc(C)cc1.I. The molecule has 0 unspecified atom stereocenters. The molecule has 0 fully saturated rings. The first-order valence-corrected chi connectivity index (χ1v) is 7.98.